The Balaban J connectivity index is 1.12. The topological polar surface area (TPSA) is 111 Å². The van der Waals surface area contributed by atoms with Gasteiger partial charge < -0.3 is 24.6 Å². The third-order valence-electron chi connectivity index (χ3n) is 8.01. The summed E-state index contributed by atoms with van der Waals surface area (Å²) in [6, 6.07) is 14.0. The second kappa shape index (κ2) is 10.3. The van der Waals surface area contributed by atoms with Crippen molar-refractivity contribution in [2.24, 2.45) is 0 Å². The molecule has 3 aliphatic rings. The number of nitriles is 1. The van der Waals surface area contributed by atoms with E-state index in [0.717, 1.165) is 18.4 Å². The van der Waals surface area contributed by atoms with Crippen LogP contribution < -0.4 is 19.7 Å². The molecule has 6 rings (SSSR count). The zero-order valence-electron chi connectivity index (χ0n) is 22.2. The molecule has 0 saturated carbocycles. The molecule has 1 unspecified atom stereocenters. The van der Waals surface area contributed by atoms with Gasteiger partial charge in [-0.3, -0.25) is 4.79 Å². The van der Waals surface area contributed by atoms with Gasteiger partial charge in [-0.2, -0.15) is 5.26 Å². The molecule has 4 heterocycles. The lowest BCUT2D eigenvalue weighted by atomic mass is 10.1. The van der Waals surface area contributed by atoms with Crippen LogP contribution in [-0.2, 0) is 11.2 Å². The average molecular weight is 557 g/mol. The summed E-state index contributed by atoms with van der Waals surface area (Å²) in [4.78, 5) is 36.5. The molecule has 2 bridgehead atoms. The van der Waals surface area contributed by atoms with Crippen LogP contribution in [0.15, 0.2) is 48.7 Å². The number of rotatable bonds is 7. The molecule has 40 heavy (non-hydrogen) atoms. The standard InChI is InChI=1S/C29H28N6O4S/c1-38-24-10-9-17(12-25(24)39-2)6-5-11-31-28(40)33-16-18-13-22(33)26-27(36)35(29(37)34(18)26)23-15-32-21(14-30)19-7-3-4-8-20(19)23/h3-4,7-10,12,15,18,22,26H,5-6,11,13,16H2,1-2H3,(H,31,40)/t18-,22?,26-/m1/s1. The first-order valence-electron chi connectivity index (χ1n) is 13.2. The number of amides is 3. The van der Waals surface area contributed by atoms with E-state index in [2.05, 4.69) is 21.3 Å². The fourth-order valence-corrected chi connectivity index (χ4v) is 6.49. The number of aromatic nitrogens is 1. The fourth-order valence-electron chi connectivity index (χ4n) is 6.18. The van der Waals surface area contributed by atoms with E-state index >= 15 is 0 Å². The molecular formula is C29H28N6O4S. The first-order valence-corrected chi connectivity index (χ1v) is 13.6. The Hall–Kier alpha value is -4.43. The van der Waals surface area contributed by atoms with Gasteiger partial charge in [0.1, 0.15) is 17.8 Å². The number of pyridine rings is 1. The molecule has 11 heteroatoms. The quantitative estimate of drug-likeness (QED) is 0.266. The van der Waals surface area contributed by atoms with Gasteiger partial charge in [0.05, 0.1) is 38.2 Å². The van der Waals surface area contributed by atoms with Crippen LogP contribution in [0.5, 0.6) is 11.5 Å². The van der Waals surface area contributed by atoms with E-state index in [1.807, 2.05) is 24.3 Å². The zero-order chi connectivity index (χ0) is 28.0. The van der Waals surface area contributed by atoms with E-state index < -0.39 is 6.04 Å². The summed E-state index contributed by atoms with van der Waals surface area (Å²) in [5.41, 5.74) is 1.80. The van der Waals surface area contributed by atoms with Crippen molar-refractivity contribution in [3.8, 4) is 17.6 Å². The number of thiocarbonyl (C=S) groups is 1. The Morgan fingerprint density at radius 3 is 2.67 bits per heavy atom. The maximum Gasteiger partial charge on any atom is 0.332 e. The number of nitrogens with zero attached hydrogens (tertiary/aromatic N) is 5. The smallest absolute Gasteiger partial charge is 0.332 e. The molecule has 0 radical (unpaired) electrons. The molecule has 0 spiro atoms. The van der Waals surface area contributed by atoms with Crippen LogP contribution in [0.2, 0.25) is 0 Å². The average Bonchev–Trinajstić information content (AvgIpc) is 3.65. The predicted molar refractivity (Wildman–Crippen MR) is 152 cm³/mol. The Kier molecular flexibility index (Phi) is 6.64. The third-order valence-corrected chi connectivity index (χ3v) is 8.39. The molecule has 3 saturated heterocycles. The molecule has 3 fully saturated rings. The van der Waals surface area contributed by atoms with E-state index in [4.69, 9.17) is 21.7 Å². The number of methoxy groups -OCH3 is 2. The maximum absolute atomic E-state index is 13.7. The highest BCUT2D eigenvalue weighted by molar-refractivity contribution is 7.80. The first-order chi connectivity index (χ1) is 19.5. The Morgan fingerprint density at radius 1 is 1.15 bits per heavy atom. The van der Waals surface area contributed by atoms with E-state index in [-0.39, 0.29) is 29.7 Å². The molecule has 0 aliphatic carbocycles. The normalized spacial score (nSPS) is 21.1. The number of fused-ring (bicyclic) bond motifs is 6. The van der Waals surface area contributed by atoms with E-state index in [0.29, 0.717) is 52.6 Å². The third kappa shape index (κ3) is 4.07. The van der Waals surface area contributed by atoms with Gasteiger partial charge in [-0.05, 0) is 49.2 Å². The molecule has 3 aliphatic heterocycles. The SMILES string of the molecule is COc1ccc(CCCNC(=S)N2C[C@H]3CC2[C@@H]2C(=O)N(c4cnc(C#N)c5ccccc45)C(=O)N32)cc1OC. The van der Waals surface area contributed by atoms with Crippen LogP contribution in [0.3, 0.4) is 0 Å². The van der Waals surface area contributed by atoms with Crippen LogP contribution in [0, 0.1) is 11.3 Å². The second-order valence-corrected chi connectivity index (χ2v) is 10.5. The fraction of sp³-hybridized carbons (Fsp3) is 0.345. The molecule has 3 atom stereocenters. The number of anilines is 1. The van der Waals surface area contributed by atoms with Crippen molar-refractivity contribution in [3.63, 3.8) is 0 Å². The molecule has 2 aromatic carbocycles. The number of carbonyl (C=O) groups is 2. The number of piperazine rings is 1. The Bertz CT molecular complexity index is 1570. The number of ether oxygens (including phenoxy) is 2. The number of carbonyl (C=O) groups excluding carboxylic acids is 2. The van der Waals surface area contributed by atoms with Gasteiger partial charge in [-0.25, -0.2) is 14.7 Å². The van der Waals surface area contributed by atoms with Crippen molar-refractivity contribution in [2.75, 3.05) is 32.2 Å². The van der Waals surface area contributed by atoms with Crippen molar-refractivity contribution in [2.45, 2.75) is 37.4 Å². The Morgan fingerprint density at radius 2 is 1.93 bits per heavy atom. The summed E-state index contributed by atoms with van der Waals surface area (Å²) >= 11 is 5.73. The van der Waals surface area contributed by atoms with Crippen molar-refractivity contribution < 1.29 is 19.1 Å². The molecule has 1 aromatic heterocycles. The number of hydrogen-bond donors (Lipinski definition) is 1. The van der Waals surface area contributed by atoms with Gasteiger partial charge in [0.2, 0.25) is 0 Å². The van der Waals surface area contributed by atoms with Crippen LogP contribution in [0.1, 0.15) is 24.1 Å². The molecule has 204 valence electrons. The van der Waals surface area contributed by atoms with Gasteiger partial charge in [-0.15, -0.1) is 0 Å². The lowest BCUT2D eigenvalue weighted by Gasteiger charge is -2.36. The number of hydrogen-bond acceptors (Lipinski definition) is 7. The van der Waals surface area contributed by atoms with Crippen molar-refractivity contribution in [1.82, 2.24) is 20.1 Å². The molecule has 1 N–H and O–H groups in total. The van der Waals surface area contributed by atoms with Gasteiger partial charge in [-0.1, -0.05) is 30.3 Å². The first kappa shape index (κ1) is 25.8. The number of likely N-dealkylation sites (tertiary alicyclic amines) is 1. The molecule has 3 amide bonds. The summed E-state index contributed by atoms with van der Waals surface area (Å²) in [5.74, 6) is 1.12. The van der Waals surface area contributed by atoms with Gasteiger partial charge in [0.15, 0.2) is 16.6 Å². The Labute approximate surface area is 237 Å². The van der Waals surface area contributed by atoms with Gasteiger partial charge in [0, 0.05) is 23.9 Å². The van der Waals surface area contributed by atoms with Crippen molar-refractivity contribution >= 4 is 45.7 Å². The summed E-state index contributed by atoms with van der Waals surface area (Å²) in [6.07, 6.45) is 3.85. The summed E-state index contributed by atoms with van der Waals surface area (Å²) in [5, 5.41) is 14.7. The number of nitrogens with one attached hydrogen (secondary N) is 1. The minimum atomic E-state index is -0.604. The minimum absolute atomic E-state index is 0.0967. The lowest BCUT2D eigenvalue weighted by molar-refractivity contribution is -0.120. The van der Waals surface area contributed by atoms with Crippen molar-refractivity contribution in [3.05, 3.63) is 59.9 Å². The number of benzene rings is 2. The van der Waals surface area contributed by atoms with Crippen LogP contribution in [0.4, 0.5) is 10.5 Å². The van der Waals surface area contributed by atoms with Crippen LogP contribution in [-0.4, -0.2) is 77.3 Å². The van der Waals surface area contributed by atoms with Crippen LogP contribution >= 0.6 is 12.2 Å². The largest absolute Gasteiger partial charge is 0.493 e. The van der Waals surface area contributed by atoms with Crippen molar-refractivity contribution in [1.29, 1.82) is 5.26 Å². The molecule has 10 nitrogen and oxygen atoms in total. The highest BCUT2D eigenvalue weighted by Crippen LogP contribution is 2.43. The molecular weight excluding hydrogens is 528 g/mol. The highest BCUT2D eigenvalue weighted by Gasteiger charge is 2.62. The zero-order valence-corrected chi connectivity index (χ0v) is 23.0. The monoisotopic (exact) mass is 556 g/mol. The second-order valence-electron chi connectivity index (χ2n) is 10.1. The lowest BCUT2D eigenvalue weighted by Crippen LogP contribution is -2.57. The highest BCUT2D eigenvalue weighted by atomic mass is 32.1. The van der Waals surface area contributed by atoms with Gasteiger partial charge in [0.25, 0.3) is 5.91 Å². The molecule has 3 aromatic rings. The summed E-state index contributed by atoms with van der Waals surface area (Å²) in [6.45, 7) is 1.26. The maximum atomic E-state index is 13.7. The van der Waals surface area contributed by atoms with E-state index in [1.54, 1.807) is 37.3 Å². The summed E-state index contributed by atoms with van der Waals surface area (Å²) in [7, 11) is 3.24. The minimum Gasteiger partial charge on any atom is -0.493 e. The number of aryl methyl sites for hydroxylation is 1. The predicted octanol–water partition coefficient (Wildman–Crippen LogP) is 3.22. The number of imide groups is 1. The number of urea groups is 1. The van der Waals surface area contributed by atoms with E-state index in [1.165, 1.54) is 11.1 Å². The summed E-state index contributed by atoms with van der Waals surface area (Å²) < 4.78 is 10.7. The van der Waals surface area contributed by atoms with E-state index in [9.17, 15) is 14.9 Å². The van der Waals surface area contributed by atoms with Crippen LogP contribution in [0.25, 0.3) is 10.8 Å². The van der Waals surface area contributed by atoms with Gasteiger partial charge >= 0.3 is 6.03 Å².